The molecule has 1 aromatic heterocycles. The number of fused-ring (bicyclic) bond motifs is 2. The van der Waals surface area contributed by atoms with Crippen molar-refractivity contribution in [2.24, 2.45) is 5.92 Å². The lowest BCUT2D eigenvalue weighted by Gasteiger charge is -2.13. The number of anilines is 1. The van der Waals surface area contributed by atoms with Gasteiger partial charge in [0.25, 0.3) is 0 Å². The molecular weight excluding hydrogens is 490 g/mol. The number of amides is 1. The Morgan fingerprint density at radius 3 is 2.55 bits per heavy atom. The topological polar surface area (TPSA) is 175 Å². The minimum Gasteiger partial charge on any atom is -0.492 e. The molecule has 0 fully saturated rings. The van der Waals surface area contributed by atoms with Crippen molar-refractivity contribution < 1.29 is 29.3 Å². The molecule has 0 spiro atoms. The van der Waals surface area contributed by atoms with Crippen LogP contribution in [-0.4, -0.2) is 57.7 Å². The predicted molar refractivity (Wildman–Crippen MR) is 139 cm³/mol. The molecule has 1 atom stereocenters. The fourth-order valence-corrected chi connectivity index (χ4v) is 3.75. The molecule has 1 aliphatic rings. The zero-order valence-corrected chi connectivity index (χ0v) is 20.8. The number of carboxylic acids is 2. The number of nitriles is 1. The van der Waals surface area contributed by atoms with Gasteiger partial charge in [-0.25, -0.2) is 19.6 Å². The summed E-state index contributed by atoms with van der Waals surface area (Å²) in [5, 5.41) is 31.9. The van der Waals surface area contributed by atoms with Gasteiger partial charge >= 0.3 is 11.9 Å². The highest BCUT2D eigenvalue weighted by atomic mass is 16.5. The molecule has 2 heterocycles. The largest absolute Gasteiger partial charge is 0.492 e. The molecule has 3 aromatic rings. The minimum absolute atomic E-state index is 0.156. The number of aliphatic carboxylic acids is 2. The summed E-state index contributed by atoms with van der Waals surface area (Å²) in [7, 11) is 0. The van der Waals surface area contributed by atoms with E-state index in [-0.39, 0.29) is 5.91 Å². The lowest BCUT2D eigenvalue weighted by molar-refractivity contribution is -0.134. The van der Waals surface area contributed by atoms with Crippen molar-refractivity contribution in [1.29, 1.82) is 5.26 Å². The summed E-state index contributed by atoms with van der Waals surface area (Å²) in [6.07, 6.45) is 2.58. The van der Waals surface area contributed by atoms with E-state index in [1.165, 1.54) is 6.33 Å². The number of carbonyl (C=O) groups is 3. The monoisotopic (exact) mass is 517 g/mol. The summed E-state index contributed by atoms with van der Waals surface area (Å²) in [5.74, 6) is -1.92. The lowest BCUT2D eigenvalue weighted by atomic mass is 9.93. The van der Waals surface area contributed by atoms with Crippen LogP contribution >= 0.6 is 0 Å². The molecule has 11 nitrogen and oxygen atoms in total. The first kappa shape index (κ1) is 27.8. The summed E-state index contributed by atoms with van der Waals surface area (Å²) >= 11 is 0. The number of nitrogens with one attached hydrogen (secondary N) is 2. The Hall–Kier alpha value is -4.82. The van der Waals surface area contributed by atoms with E-state index in [1.807, 2.05) is 18.2 Å². The summed E-state index contributed by atoms with van der Waals surface area (Å²) < 4.78 is 5.83. The van der Waals surface area contributed by atoms with Gasteiger partial charge < -0.3 is 25.6 Å². The van der Waals surface area contributed by atoms with Crippen molar-refractivity contribution in [2.75, 3.05) is 25.0 Å². The number of hydrogen-bond acceptors (Lipinski definition) is 8. The van der Waals surface area contributed by atoms with Crippen LogP contribution in [0.25, 0.3) is 10.9 Å². The van der Waals surface area contributed by atoms with E-state index in [9.17, 15) is 19.6 Å². The van der Waals surface area contributed by atoms with Gasteiger partial charge in [-0.15, -0.1) is 0 Å². The van der Waals surface area contributed by atoms with Crippen LogP contribution in [0.4, 0.5) is 5.69 Å². The van der Waals surface area contributed by atoms with E-state index >= 15 is 0 Å². The van der Waals surface area contributed by atoms with Crippen LogP contribution in [0, 0.1) is 17.2 Å². The highest BCUT2D eigenvalue weighted by Crippen LogP contribution is 2.39. The van der Waals surface area contributed by atoms with Crippen LogP contribution in [0.3, 0.4) is 0 Å². The van der Waals surface area contributed by atoms with Gasteiger partial charge in [-0.05, 0) is 48.4 Å². The zero-order valence-electron chi connectivity index (χ0n) is 20.8. The predicted octanol–water partition coefficient (Wildman–Crippen LogP) is 2.92. The van der Waals surface area contributed by atoms with E-state index in [0.717, 1.165) is 29.8 Å². The van der Waals surface area contributed by atoms with Gasteiger partial charge in [0.15, 0.2) is 0 Å². The van der Waals surface area contributed by atoms with Crippen molar-refractivity contribution in [1.82, 2.24) is 15.3 Å². The number of hydrogen-bond donors (Lipinski definition) is 4. The van der Waals surface area contributed by atoms with Crippen LogP contribution in [0.5, 0.6) is 5.75 Å². The van der Waals surface area contributed by atoms with Crippen LogP contribution in [0.2, 0.25) is 0 Å². The summed E-state index contributed by atoms with van der Waals surface area (Å²) in [6.45, 7) is 6.62. The lowest BCUT2D eigenvalue weighted by Crippen LogP contribution is -2.24. The van der Waals surface area contributed by atoms with Crippen molar-refractivity contribution in [3.63, 3.8) is 0 Å². The van der Waals surface area contributed by atoms with Crippen molar-refractivity contribution in [2.45, 2.75) is 19.8 Å². The van der Waals surface area contributed by atoms with Gasteiger partial charge in [0, 0.05) is 35.8 Å². The molecule has 0 saturated carbocycles. The average molecular weight is 518 g/mol. The third kappa shape index (κ3) is 7.35. The Bertz CT molecular complexity index is 1400. The Balaban J connectivity index is 0.000000436. The Kier molecular flexibility index (Phi) is 9.45. The molecule has 4 rings (SSSR count). The Labute approximate surface area is 218 Å². The highest BCUT2D eigenvalue weighted by molar-refractivity contribution is 6.06. The number of carboxylic acid groups (broad SMARTS) is 2. The van der Waals surface area contributed by atoms with E-state index < -0.39 is 17.9 Å². The first-order chi connectivity index (χ1) is 18.2. The normalized spacial score (nSPS) is 13.9. The summed E-state index contributed by atoms with van der Waals surface area (Å²) in [4.78, 5) is 40.6. The van der Waals surface area contributed by atoms with E-state index in [2.05, 4.69) is 40.5 Å². The van der Waals surface area contributed by atoms with Gasteiger partial charge in [-0.1, -0.05) is 13.8 Å². The minimum atomic E-state index is -1.26. The number of nitrogens with zero attached hydrogens (tertiary/aromatic N) is 3. The number of benzene rings is 2. The van der Waals surface area contributed by atoms with Crippen molar-refractivity contribution >= 4 is 34.4 Å². The maximum Gasteiger partial charge on any atom is 0.328 e. The molecule has 2 aromatic carbocycles. The summed E-state index contributed by atoms with van der Waals surface area (Å²) in [6, 6.07) is 13.0. The van der Waals surface area contributed by atoms with Crippen LogP contribution in [-0.2, 0) is 14.4 Å². The first-order valence-corrected chi connectivity index (χ1v) is 11.8. The van der Waals surface area contributed by atoms with E-state index in [1.54, 1.807) is 18.2 Å². The number of rotatable bonds is 9. The van der Waals surface area contributed by atoms with E-state index in [0.29, 0.717) is 47.1 Å². The smallest absolute Gasteiger partial charge is 0.328 e. The SMILES string of the molecule is CC(C)CNCCOc1ccc2c(C3C(=O)Nc4ccc(C#N)cc43)ncnc2c1.O=C(O)/C=C/C(=O)O. The molecular formula is C27H27N5O6. The molecule has 196 valence electrons. The standard InChI is InChI=1S/C23H23N5O2.C4H4O4/c1-14(2)12-25-7-8-30-16-4-5-17-20(10-16)26-13-27-22(17)21-18-9-15(11-24)3-6-19(18)28-23(21)29;5-3(6)1-2-4(7)8/h3-6,9-10,13-14,21,25H,7-8,12H2,1-2H3,(H,28,29);1-2H,(H,5,6)(H,7,8)/b;2-1+. The molecule has 0 aliphatic carbocycles. The fraction of sp³-hybridized carbons (Fsp3) is 0.259. The maximum atomic E-state index is 12.7. The molecule has 1 amide bonds. The quantitative estimate of drug-likeness (QED) is 0.244. The van der Waals surface area contributed by atoms with Crippen LogP contribution in [0.15, 0.2) is 54.9 Å². The third-order valence-electron chi connectivity index (χ3n) is 5.39. The van der Waals surface area contributed by atoms with Gasteiger partial charge in [0.2, 0.25) is 5.91 Å². The Morgan fingerprint density at radius 1 is 1.16 bits per heavy atom. The van der Waals surface area contributed by atoms with Gasteiger partial charge in [-0.2, -0.15) is 5.26 Å². The maximum absolute atomic E-state index is 12.7. The molecule has 0 saturated heterocycles. The number of aromatic nitrogens is 2. The summed E-state index contributed by atoms with van der Waals surface area (Å²) in [5.41, 5.74) is 3.32. The molecule has 4 N–H and O–H groups in total. The Morgan fingerprint density at radius 2 is 1.89 bits per heavy atom. The second-order valence-electron chi connectivity index (χ2n) is 8.73. The van der Waals surface area contributed by atoms with Crippen LogP contribution < -0.4 is 15.4 Å². The first-order valence-electron chi connectivity index (χ1n) is 11.8. The fourth-order valence-electron chi connectivity index (χ4n) is 3.75. The molecule has 0 radical (unpaired) electrons. The second-order valence-corrected chi connectivity index (χ2v) is 8.73. The molecule has 11 heteroatoms. The molecule has 0 bridgehead atoms. The van der Waals surface area contributed by atoms with Gasteiger partial charge in [-0.3, -0.25) is 4.79 Å². The van der Waals surface area contributed by atoms with Crippen LogP contribution in [0.1, 0.15) is 36.6 Å². The highest BCUT2D eigenvalue weighted by Gasteiger charge is 2.34. The van der Waals surface area contributed by atoms with Gasteiger partial charge in [0.1, 0.15) is 24.6 Å². The molecule has 38 heavy (non-hydrogen) atoms. The van der Waals surface area contributed by atoms with E-state index in [4.69, 9.17) is 14.9 Å². The van der Waals surface area contributed by atoms with Crippen molar-refractivity contribution in [3.8, 4) is 11.8 Å². The zero-order chi connectivity index (χ0) is 27.7. The van der Waals surface area contributed by atoms with Gasteiger partial charge in [0.05, 0.1) is 22.8 Å². The molecule has 1 aliphatic heterocycles. The third-order valence-corrected chi connectivity index (χ3v) is 5.39. The van der Waals surface area contributed by atoms with Crippen molar-refractivity contribution in [3.05, 3.63) is 71.7 Å². The second kappa shape index (κ2) is 12.9. The number of ether oxygens (including phenoxy) is 1. The average Bonchev–Trinajstić information content (AvgIpc) is 3.21. The number of carbonyl (C=O) groups excluding carboxylic acids is 1. The molecule has 1 unspecified atom stereocenters.